The van der Waals surface area contributed by atoms with Gasteiger partial charge < -0.3 is 5.11 Å². The molecule has 2 fully saturated rings. The number of carbonyl (C=O) groups is 1. The number of carboxylic acid groups (broad SMARTS) is 1. The van der Waals surface area contributed by atoms with E-state index in [2.05, 4.69) is 22.8 Å². The summed E-state index contributed by atoms with van der Waals surface area (Å²) in [7, 11) is 0. The van der Waals surface area contributed by atoms with Gasteiger partial charge in [-0.05, 0) is 43.6 Å². The van der Waals surface area contributed by atoms with Gasteiger partial charge in [-0.15, -0.1) is 23.1 Å². The lowest BCUT2D eigenvalue weighted by atomic mass is 9.98. The zero-order valence-corrected chi connectivity index (χ0v) is 11.7. The van der Waals surface area contributed by atoms with Crippen LogP contribution in [0, 0.1) is 0 Å². The van der Waals surface area contributed by atoms with E-state index in [0.717, 1.165) is 32.1 Å². The molecule has 0 aliphatic heterocycles. The summed E-state index contributed by atoms with van der Waals surface area (Å²) in [5, 5.41) is 15.4. The normalized spacial score (nSPS) is 31.7. The second-order valence-corrected chi connectivity index (χ2v) is 7.77. The van der Waals surface area contributed by atoms with Gasteiger partial charge in [0.1, 0.15) is 5.54 Å². The molecule has 3 nitrogen and oxygen atoms in total. The van der Waals surface area contributed by atoms with E-state index in [1.165, 1.54) is 4.21 Å². The summed E-state index contributed by atoms with van der Waals surface area (Å²) in [5.74, 6) is -0.663. The summed E-state index contributed by atoms with van der Waals surface area (Å²) in [6, 6.07) is 4.62. The van der Waals surface area contributed by atoms with Crippen LogP contribution >= 0.6 is 23.1 Å². The number of hydrogen-bond donors (Lipinski definition) is 2. The number of thiophene rings is 1. The Kier molecular flexibility index (Phi) is 3.38. The first kappa shape index (κ1) is 12.5. The van der Waals surface area contributed by atoms with Gasteiger partial charge >= 0.3 is 5.97 Å². The number of carboxylic acids is 1. The van der Waals surface area contributed by atoms with Crippen molar-refractivity contribution in [1.82, 2.24) is 5.32 Å². The zero-order chi connectivity index (χ0) is 12.6. The Morgan fingerprint density at radius 3 is 2.94 bits per heavy atom. The molecule has 0 amide bonds. The summed E-state index contributed by atoms with van der Waals surface area (Å²) in [6.45, 7) is 0. The standard InChI is InChI=1S/C13H17NO2S2/c15-12(16)13(14-9-3-4-9)6-5-10(8-13)18-11-2-1-7-17-11/h1-2,7,9-10,14H,3-6,8H2,(H,15,16). The molecule has 0 radical (unpaired) electrons. The van der Waals surface area contributed by atoms with Gasteiger partial charge in [-0.3, -0.25) is 10.1 Å². The smallest absolute Gasteiger partial charge is 0.323 e. The topological polar surface area (TPSA) is 49.3 Å². The van der Waals surface area contributed by atoms with E-state index in [1.54, 1.807) is 11.3 Å². The van der Waals surface area contributed by atoms with E-state index in [0.29, 0.717) is 11.3 Å². The van der Waals surface area contributed by atoms with Crippen LogP contribution in [0.4, 0.5) is 0 Å². The Morgan fingerprint density at radius 2 is 2.33 bits per heavy atom. The second kappa shape index (κ2) is 4.87. The van der Waals surface area contributed by atoms with Crippen LogP contribution in [0.3, 0.4) is 0 Å². The highest BCUT2D eigenvalue weighted by Gasteiger charge is 2.48. The van der Waals surface area contributed by atoms with Crippen molar-refractivity contribution in [3.8, 4) is 0 Å². The molecule has 18 heavy (non-hydrogen) atoms. The van der Waals surface area contributed by atoms with Crippen LogP contribution in [0.2, 0.25) is 0 Å². The first-order valence-electron chi connectivity index (χ1n) is 6.39. The minimum atomic E-state index is -0.663. The summed E-state index contributed by atoms with van der Waals surface area (Å²) < 4.78 is 1.30. The van der Waals surface area contributed by atoms with Crippen molar-refractivity contribution >= 4 is 29.1 Å². The van der Waals surface area contributed by atoms with Gasteiger partial charge in [-0.1, -0.05) is 6.07 Å². The van der Waals surface area contributed by atoms with Crippen LogP contribution in [-0.2, 0) is 4.79 Å². The molecule has 2 N–H and O–H groups in total. The SMILES string of the molecule is O=C(O)C1(NC2CC2)CCC(Sc2cccs2)C1. The van der Waals surface area contributed by atoms with Crippen LogP contribution in [-0.4, -0.2) is 27.9 Å². The van der Waals surface area contributed by atoms with Crippen LogP contribution < -0.4 is 5.32 Å². The molecule has 2 unspecified atom stereocenters. The van der Waals surface area contributed by atoms with E-state index in [-0.39, 0.29) is 0 Å². The molecule has 0 bridgehead atoms. The third kappa shape index (κ3) is 2.58. The highest BCUT2D eigenvalue weighted by molar-refractivity contribution is 8.01. The lowest BCUT2D eigenvalue weighted by molar-refractivity contribution is -0.144. The third-order valence-corrected chi connectivity index (χ3v) is 6.06. The maximum absolute atomic E-state index is 11.6. The molecule has 5 heteroatoms. The van der Waals surface area contributed by atoms with Crippen molar-refractivity contribution in [3.63, 3.8) is 0 Å². The second-order valence-electron chi connectivity index (χ2n) is 5.22. The van der Waals surface area contributed by atoms with Crippen molar-refractivity contribution in [2.75, 3.05) is 0 Å². The predicted octanol–water partition coefficient (Wildman–Crippen LogP) is 2.97. The molecular formula is C13H17NO2S2. The summed E-state index contributed by atoms with van der Waals surface area (Å²) in [6.07, 6.45) is 4.79. The molecule has 0 saturated heterocycles. The Hall–Kier alpha value is -0.520. The van der Waals surface area contributed by atoms with Crippen molar-refractivity contribution in [3.05, 3.63) is 17.5 Å². The summed E-state index contributed by atoms with van der Waals surface area (Å²) in [4.78, 5) is 11.6. The van der Waals surface area contributed by atoms with Crippen molar-refractivity contribution in [1.29, 1.82) is 0 Å². The molecule has 3 rings (SSSR count). The molecule has 1 aromatic rings. The Morgan fingerprint density at radius 1 is 1.50 bits per heavy atom. The molecule has 0 spiro atoms. The maximum atomic E-state index is 11.6. The van der Waals surface area contributed by atoms with Gasteiger partial charge in [0.2, 0.25) is 0 Å². The van der Waals surface area contributed by atoms with Gasteiger partial charge in [-0.25, -0.2) is 0 Å². The molecule has 2 aliphatic carbocycles. The van der Waals surface area contributed by atoms with Gasteiger partial charge in [-0.2, -0.15) is 0 Å². The van der Waals surface area contributed by atoms with E-state index in [1.807, 2.05) is 11.8 Å². The van der Waals surface area contributed by atoms with Crippen molar-refractivity contribution < 1.29 is 9.90 Å². The van der Waals surface area contributed by atoms with Gasteiger partial charge in [0.05, 0.1) is 4.21 Å². The summed E-state index contributed by atoms with van der Waals surface area (Å²) >= 11 is 3.58. The first-order valence-corrected chi connectivity index (χ1v) is 8.15. The van der Waals surface area contributed by atoms with Crippen molar-refractivity contribution in [2.45, 2.75) is 53.1 Å². The van der Waals surface area contributed by atoms with Crippen LogP contribution in [0.25, 0.3) is 0 Å². The van der Waals surface area contributed by atoms with E-state index in [4.69, 9.17) is 0 Å². The molecule has 1 heterocycles. The quantitative estimate of drug-likeness (QED) is 0.872. The predicted molar refractivity (Wildman–Crippen MR) is 74.3 cm³/mol. The Balaban J connectivity index is 1.65. The highest BCUT2D eigenvalue weighted by Crippen LogP contribution is 2.43. The highest BCUT2D eigenvalue weighted by atomic mass is 32.2. The van der Waals surface area contributed by atoms with Crippen LogP contribution in [0.1, 0.15) is 32.1 Å². The minimum Gasteiger partial charge on any atom is -0.480 e. The van der Waals surface area contributed by atoms with Crippen LogP contribution in [0.5, 0.6) is 0 Å². The maximum Gasteiger partial charge on any atom is 0.323 e. The number of aliphatic carboxylic acids is 1. The lowest BCUT2D eigenvalue weighted by Gasteiger charge is -2.26. The molecule has 2 atom stereocenters. The molecular weight excluding hydrogens is 266 g/mol. The van der Waals surface area contributed by atoms with E-state index >= 15 is 0 Å². The average molecular weight is 283 g/mol. The van der Waals surface area contributed by atoms with E-state index < -0.39 is 11.5 Å². The Bertz CT molecular complexity index is 430. The van der Waals surface area contributed by atoms with Crippen LogP contribution in [0.15, 0.2) is 21.7 Å². The fourth-order valence-corrected chi connectivity index (χ4v) is 4.94. The monoisotopic (exact) mass is 283 g/mol. The number of hydrogen-bond acceptors (Lipinski definition) is 4. The minimum absolute atomic E-state index is 0.436. The number of thioether (sulfide) groups is 1. The fourth-order valence-electron chi connectivity index (χ4n) is 2.60. The van der Waals surface area contributed by atoms with E-state index in [9.17, 15) is 9.90 Å². The average Bonchev–Trinajstić information content (AvgIpc) is 2.84. The van der Waals surface area contributed by atoms with Crippen molar-refractivity contribution in [2.24, 2.45) is 0 Å². The van der Waals surface area contributed by atoms with Gasteiger partial charge in [0, 0.05) is 11.3 Å². The van der Waals surface area contributed by atoms with Gasteiger partial charge in [0.15, 0.2) is 0 Å². The molecule has 2 aliphatic rings. The zero-order valence-electron chi connectivity index (χ0n) is 10.1. The third-order valence-electron chi connectivity index (χ3n) is 3.71. The fraction of sp³-hybridized carbons (Fsp3) is 0.615. The number of rotatable bonds is 5. The Labute approximate surface area is 115 Å². The molecule has 98 valence electrons. The molecule has 0 aromatic carbocycles. The lowest BCUT2D eigenvalue weighted by Crippen LogP contribution is -2.51. The molecule has 2 saturated carbocycles. The largest absolute Gasteiger partial charge is 0.480 e. The van der Waals surface area contributed by atoms with Gasteiger partial charge in [0.25, 0.3) is 0 Å². The molecule has 1 aromatic heterocycles. The number of nitrogens with one attached hydrogen (secondary N) is 1. The first-order chi connectivity index (χ1) is 8.68. The summed E-state index contributed by atoms with van der Waals surface area (Å²) in [5.41, 5.74) is -0.657.